The molecule has 0 unspecified atom stereocenters. The quantitative estimate of drug-likeness (QED) is 0.159. The van der Waals surface area contributed by atoms with Crippen molar-refractivity contribution in [3.63, 3.8) is 0 Å². The van der Waals surface area contributed by atoms with Crippen molar-refractivity contribution in [2.45, 2.75) is 52.2 Å². The second-order valence-corrected chi connectivity index (χ2v) is 16.0. The highest BCUT2D eigenvalue weighted by molar-refractivity contribution is 6.31. The average Bonchev–Trinajstić information content (AvgIpc) is 4.13. The summed E-state index contributed by atoms with van der Waals surface area (Å²) in [7, 11) is 0. The van der Waals surface area contributed by atoms with Crippen molar-refractivity contribution in [3.05, 3.63) is 174 Å². The Balaban J connectivity index is 0.000000128. The molecule has 10 rings (SSSR count). The van der Waals surface area contributed by atoms with Crippen LogP contribution in [-0.4, -0.2) is 43.6 Å². The van der Waals surface area contributed by atoms with Crippen molar-refractivity contribution in [1.29, 1.82) is 0 Å². The van der Waals surface area contributed by atoms with E-state index in [0.717, 1.165) is 35.0 Å². The number of hydrogen-bond donors (Lipinski definition) is 0. The van der Waals surface area contributed by atoms with E-state index in [0.29, 0.717) is 66.7 Å². The first-order valence-electron chi connectivity index (χ1n) is 19.9. The molecule has 9 aromatic rings. The van der Waals surface area contributed by atoms with E-state index in [4.69, 9.17) is 34.8 Å². The molecule has 6 aromatic heterocycles. The molecule has 1 saturated carbocycles. The zero-order chi connectivity index (χ0) is 43.5. The molecule has 12 nitrogen and oxygen atoms in total. The number of fused-ring (bicyclic) bond motifs is 3. The highest BCUT2D eigenvalue weighted by Crippen LogP contribution is 2.35. The Bertz CT molecular complexity index is 3120. The summed E-state index contributed by atoms with van der Waals surface area (Å²) in [5.41, 5.74) is 7.27. The Kier molecular flexibility index (Phi) is 12.3. The van der Waals surface area contributed by atoms with Crippen LogP contribution in [0.3, 0.4) is 0 Å². The van der Waals surface area contributed by atoms with Gasteiger partial charge in [0.1, 0.15) is 33.6 Å². The third-order valence-corrected chi connectivity index (χ3v) is 10.9. The SMILES string of the molecule is CC(C)n1c(=O)c(-c2ccc(Cl)cc2)nc2cccnc21.CCn1c(=O)c(-c2ccc(Cl)cc2)nc2cccnc21.O=c1c(-c2ccc(Cl)cc2)nc2cccnc2n1C1CC1. The van der Waals surface area contributed by atoms with Gasteiger partial charge < -0.3 is 0 Å². The average molecular weight is 883 g/mol. The van der Waals surface area contributed by atoms with Crippen LogP contribution in [0.5, 0.6) is 0 Å². The highest BCUT2D eigenvalue weighted by Gasteiger charge is 2.28. The molecule has 0 bridgehead atoms. The van der Waals surface area contributed by atoms with Gasteiger partial charge in [0.25, 0.3) is 16.7 Å². The lowest BCUT2D eigenvalue weighted by molar-refractivity contribution is 0.594. The number of aryl methyl sites for hydroxylation is 1. The fraction of sp³-hybridized carbons (Fsp3) is 0.170. The topological polar surface area (TPSA) is 143 Å². The van der Waals surface area contributed by atoms with Crippen molar-refractivity contribution in [2.75, 3.05) is 0 Å². The number of aromatic nitrogens is 9. The van der Waals surface area contributed by atoms with Crippen LogP contribution in [0.25, 0.3) is 67.3 Å². The van der Waals surface area contributed by atoms with E-state index in [1.165, 1.54) is 0 Å². The molecular formula is C47H38Cl3N9O3. The zero-order valence-electron chi connectivity index (χ0n) is 33.8. The van der Waals surface area contributed by atoms with Crippen LogP contribution in [0.15, 0.2) is 142 Å². The molecule has 0 spiro atoms. The van der Waals surface area contributed by atoms with Gasteiger partial charge in [-0.3, -0.25) is 28.1 Å². The molecule has 0 saturated heterocycles. The van der Waals surface area contributed by atoms with E-state index in [1.807, 2.05) is 69.3 Å². The molecule has 15 heteroatoms. The van der Waals surface area contributed by atoms with E-state index in [1.54, 1.807) is 93.0 Å². The second-order valence-electron chi connectivity index (χ2n) is 14.7. The number of rotatable bonds is 6. The van der Waals surface area contributed by atoms with Gasteiger partial charge in [-0.2, -0.15) is 0 Å². The third-order valence-electron chi connectivity index (χ3n) is 10.1. The third kappa shape index (κ3) is 8.76. The minimum atomic E-state index is -0.140. The summed E-state index contributed by atoms with van der Waals surface area (Å²) in [6.07, 6.45) is 7.08. The Morgan fingerprint density at radius 3 is 1.35 bits per heavy atom. The Hall–Kier alpha value is -6.60. The first kappa shape index (κ1) is 42.1. The predicted octanol–water partition coefficient (Wildman–Crippen LogP) is 10.3. The van der Waals surface area contributed by atoms with Crippen molar-refractivity contribution in [2.24, 2.45) is 0 Å². The molecule has 0 atom stereocenters. The first-order valence-corrected chi connectivity index (χ1v) is 21.0. The van der Waals surface area contributed by atoms with Gasteiger partial charge in [-0.1, -0.05) is 71.2 Å². The lowest BCUT2D eigenvalue weighted by Gasteiger charge is -2.14. The van der Waals surface area contributed by atoms with E-state index >= 15 is 0 Å². The molecule has 1 aliphatic rings. The van der Waals surface area contributed by atoms with E-state index < -0.39 is 0 Å². The van der Waals surface area contributed by atoms with Crippen molar-refractivity contribution in [1.82, 2.24) is 43.6 Å². The molecular weight excluding hydrogens is 845 g/mol. The van der Waals surface area contributed by atoms with Crippen LogP contribution in [0, 0.1) is 0 Å². The summed E-state index contributed by atoms with van der Waals surface area (Å²) >= 11 is 17.7. The van der Waals surface area contributed by atoms with E-state index in [9.17, 15) is 14.4 Å². The van der Waals surface area contributed by atoms with Crippen LogP contribution in [0.1, 0.15) is 45.7 Å². The Morgan fingerprint density at radius 2 is 0.919 bits per heavy atom. The maximum absolute atomic E-state index is 12.8. The predicted molar refractivity (Wildman–Crippen MR) is 247 cm³/mol. The second kappa shape index (κ2) is 18.2. The van der Waals surface area contributed by atoms with Crippen molar-refractivity contribution in [3.8, 4) is 33.8 Å². The van der Waals surface area contributed by atoms with Crippen LogP contribution >= 0.6 is 34.8 Å². The summed E-state index contributed by atoms with van der Waals surface area (Å²) in [5, 5.41) is 1.90. The van der Waals surface area contributed by atoms with Gasteiger partial charge in [-0.15, -0.1) is 0 Å². The van der Waals surface area contributed by atoms with E-state index in [2.05, 4.69) is 29.9 Å². The fourth-order valence-electron chi connectivity index (χ4n) is 6.99. The standard InChI is InChI=1S/C16H12ClN3O.C16H14ClN3O.C15H12ClN3O/c17-11-5-3-10(4-6-11)14-16(21)20(12-7-8-12)15-13(19-14)2-1-9-18-15;1-10(2)20-15-13(4-3-9-18-15)19-14(16(20)21)11-5-7-12(17)8-6-11;1-2-19-14-12(4-3-9-17-14)18-13(15(19)20)10-5-7-11(16)8-6-10/h1-6,9,12H,7-8H2;3-10H,1-2H3;3-9H,2H2,1H3. The molecule has 0 radical (unpaired) electrons. The monoisotopic (exact) mass is 881 g/mol. The summed E-state index contributed by atoms with van der Waals surface area (Å²) in [6, 6.07) is 32.7. The Labute approximate surface area is 370 Å². The minimum absolute atomic E-state index is 0.00366. The van der Waals surface area contributed by atoms with Gasteiger partial charge in [-0.05, 0) is 106 Å². The summed E-state index contributed by atoms with van der Waals surface area (Å²) < 4.78 is 5.09. The molecule has 310 valence electrons. The van der Waals surface area contributed by atoms with Crippen LogP contribution in [0.4, 0.5) is 0 Å². The molecule has 0 N–H and O–H groups in total. The molecule has 1 aliphatic carbocycles. The largest absolute Gasteiger partial charge is 0.290 e. The van der Waals surface area contributed by atoms with Crippen LogP contribution < -0.4 is 16.7 Å². The van der Waals surface area contributed by atoms with Crippen molar-refractivity contribution >= 4 is 68.3 Å². The lowest BCUT2D eigenvalue weighted by atomic mass is 10.1. The molecule has 0 amide bonds. The molecule has 1 fully saturated rings. The highest BCUT2D eigenvalue weighted by atomic mass is 35.5. The van der Waals surface area contributed by atoms with Gasteiger partial charge in [0.2, 0.25) is 0 Å². The Morgan fingerprint density at radius 1 is 0.532 bits per heavy atom. The maximum Gasteiger partial charge on any atom is 0.278 e. The lowest BCUT2D eigenvalue weighted by Crippen LogP contribution is -2.25. The first-order chi connectivity index (χ1) is 30.0. The van der Waals surface area contributed by atoms with Gasteiger partial charge in [-0.25, -0.2) is 29.9 Å². The number of pyridine rings is 3. The molecule has 6 heterocycles. The number of halogens is 3. The van der Waals surface area contributed by atoms with E-state index in [-0.39, 0.29) is 28.8 Å². The van der Waals surface area contributed by atoms with Gasteiger partial charge >= 0.3 is 0 Å². The zero-order valence-corrected chi connectivity index (χ0v) is 36.1. The molecule has 3 aromatic carbocycles. The summed E-state index contributed by atoms with van der Waals surface area (Å²) in [6.45, 7) is 6.39. The van der Waals surface area contributed by atoms with Gasteiger partial charge in [0.15, 0.2) is 16.9 Å². The number of nitrogens with zero attached hydrogens (tertiary/aromatic N) is 9. The molecule has 62 heavy (non-hydrogen) atoms. The maximum atomic E-state index is 12.8. The number of hydrogen-bond acceptors (Lipinski definition) is 9. The van der Waals surface area contributed by atoms with Crippen LogP contribution in [-0.2, 0) is 6.54 Å². The van der Waals surface area contributed by atoms with Crippen molar-refractivity contribution < 1.29 is 0 Å². The van der Waals surface area contributed by atoms with Gasteiger partial charge in [0, 0.05) is 69.0 Å². The molecule has 0 aliphatic heterocycles. The smallest absolute Gasteiger partial charge is 0.278 e. The number of benzene rings is 3. The normalized spacial score (nSPS) is 12.2. The summed E-state index contributed by atoms with van der Waals surface area (Å²) in [4.78, 5) is 64.3. The van der Waals surface area contributed by atoms with Crippen LogP contribution in [0.2, 0.25) is 15.1 Å². The van der Waals surface area contributed by atoms with Gasteiger partial charge in [0.05, 0.1) is 0 Å². The minimum Gasteiger partial charge on any atom is -0.290 e. The summed E-state index contributed by atoms with van der Waals surface area (Å²) in [5.74, 6) is 0. The fourth-order valence-corrected chi connectivity index (χ4v) is 7.37.